The second kappa shape index (κ2) is 10.5. The third-order valence-electron chi connectivity index (χ3n) is 4.74. The van der Waals surface area contributed by atoms with Crippen LogP contribution < -0.4 is 20.1 Å². The predicted molar refractivity (Wildman–Crippen MR) is 134 cm³/mol. The van der Waals surface area contributed by atoms with Crippen LogP contribution in [-0.4, -0.2) is 18.5 Å². The molecule has 0 radical (unpaired) electrons. The van der Waals surface area contributed by atoms with E-state index in [0.29, 0.717) is 33.7 Å². The van der Waals surface area contributed by atoms with Crippen LogP contribution in [0.1, 0.15) is 11.1 Å². The first-order chi connectivity index (χ1) is 15.9. The number of ether oxygens (including phenoxy) is 2. The minimum Gasteiger partial charge on any atom is -0.495 e. The molecule has 33 heavy (non-hydrogen) atoms. The molecule has 1 amide bonds. The normalized spacial score (nSPS) is 16.5. The number of amides is 1. The van der Waals surface area contributed by atoms with Gasteiger partial charge in [-0.3, -0.25) is 4.79 Å². The van der Waals surface area contributed by atoms with Gasteiger partial charge in [-0.05, 0) is 75.6 Å². The molecule has 5 nitrogen and oxygen atoms in total. The van der Waals surface area contributed by atoms with Gasteiger partial charge >= 0.3 is 0 Å². The molecule has 2 N–H and O–H groups in total. The van der Waals surface area contributed by atoms with Crippen molar-refractivity contribution >= 4 is 57.0 Å². The van der Waals surface area contributed by atoms with Crippen LogP contribution >= 0.6 is 39.3 Å². The second-order valence-electron chi connectivity index (χ2n) is 7.07. The molecule has 1 aliphatic rings. The summed E-state index contributed by atoms with van der Waals surface area (Å²) < 4.78 is 25.0. The molecule has 0 spiro atoms. The highest BCUT2D eigenvalue weighted by atomic mass is 79.9. The lowest BCUT2D eigenvalue weighted by Gasteiger charge is -2.15. The van der Waals surface area contributed by atoms with Gasteiger partial charge in [-0.25, -0.2) is 4.39 Å². The first-order valence-electron chi connectivity index (χ1n) is 9.87. The maximum atomic E-state index is 13.0. The van der Waals surface area contributed by atoms with E-state index in [1.807, 2.05) is 24.3 Å². The zero-order chi connectivity index (χ0) is 23.4. The van der Waals surface area contributed by atoms with Gasteiger partial charge in [0.25, 0.3) is 5.91 Å². The van der Waals surface area contributed by atoms with E-state index in [4.69, 9.17) is 21.1 Å². The van der Waals surface area contributed by atoms with Gasteiger partial charge < -0.3 is 20.1 Å². The monoisotopic (exact) mass is 548 g/mol. The molecule has 1 saturated heterocycles. The highest BCUT2D eigenvalue weighted by Crippen LogP contribution is 2.35. The third-order valence-corrected chi connectivity index (χ3v) is 6.62. The Morgan fingerprint density at radius 2 is 1.91 bits per heavy atom. The van der Waals surface area contributed by atoms with Crippen LogP contribution in [0.25, 0.3) is 6.08 Å². The largest absolute Gasteiger partial charge is 0.495 e. The number of carbonyl (C=O) groups excluding carboxylic acids is 1. The molecular formula is C24H19BrClFN2O3S. The Morgan fingerprint density at radius 3 is 2.64 bits per heavy atom. The SMILES string of the molecule is COc1ccc(Cl)cc1NC1NC(=O)/C(=C/c2ccc(OCc3ccc(F)cc3)c(Br)c2)S1. The molecule has 1 aliphatic heterocycles. The number of nitrogens with one attached hydrogen (secondary N) is 2. The van der Waals surface area contributed by atoms with Gasteiger partial charge in [0.05, 0.1) is 22.2 Å². The number of rotatable bonds is 7. The Morgan fingerprint density at radius 1 is 1.15 bits per heavy atom. The van der Waals surface area contributed by atoms with E-state index < -0.39 is 0 Å². The molecule has 3 aromatic carbocycles. The van der Waals surface area contributed by atoms with Gasteiger partial charge in [0.1, 0.15) is 23.9 Å². The van der Waals surface area contributed by atoms with Crippen molar-refractivity contribution < 1.29 is 18.7 Å². The van der Waals surface area contributed by atoms with Gasteiger partial charge in [0.15, 0.2) is 5.50 Å². The van der Waals surface area contributed by atoms with Gasteiger partial charge in [-0.1, -0.05) is 41.6 Å². The fourth-order valence-corrected chi connectivity index (χ4v) is 4.78. The highest BCUT2D eigenvalue weighted by molar-refractivity contribution is 9.10. The van der Waals surface area contributed by atoms with Gasteiger partial charge in [-0.15, -0.1) is 0 Å². The summed E-state index contributed by atoms with van der Waals surface area (Å²) in [5.74, 6) is 0.825. The fourth-order valence-electron chi connectivity index (χ4n) is 3.12. The van der Waals surface area contributed by atoms with E-state index >= 15 is 0 Å². The van der Waals surface area contributed by atoms with Crippen LogP contribution in [0, 0.1) is 5.82 Å². The molecule has 0 saturated carbocycles. The summed E-state index contributed by atoms with van der Waals surface area (Å²) in [7, 11) is 1.57. The molecular weight excluding hydrogens is 531 g/mol. The summed E-state index contributed by atoms with van der Waals surface area (Å²) in [4.78, 5) is 13.0. The van der Waals surface area contributed by atoms with Crippen molar-refractivity contribution in [3.05, 3.63) is 92.0 Å². The Bertz CT molecular complexity index is 1210. The second-order valence-corrected chi connectivity index (χ2v) is 9.51. The number of thioether (sulfide) groups is 1. The average molecular weight is 550 g/mol. The van der Waals surface area contributed by atoms with Crippen molar-refractivity contribution in [2.45, 2.75) is 12.1 Å². The molecule has 1 atom stereocenters. The number of benzene rings is 3. The van der Waals surface area contributed by atoms with Crippen LogP contribution in [0.5, 0.6) is 11.5 Å². The van der Waals surface area contributed by atoms with E-state index in [1.165, 1.54) is 23.9 Å². The highest BCUT2D eigenvalue weighted by Gasteiger charge is 2.28. The number of anilines is 1. The van der Waals surface area contributed by atoms with E-state index in [9.17, 15) is 9.18 Å². The number of carbonyl (C=O) groups is 1. The topological polar surface area (TPSA) is 59.6 Å². The van der Waals surface area contributed by atoms with Crippen molar-refractivity contribution in [1.29, 1.82) is 0 Å². The third kappa shape index (κ3) is 6.01. The number of hydrogen-bond donors (Lipinski definition) is 2. The van der Waals surface area contributed by atoms with Crippen LogP contribution in [-0.2, 0) is 11.4 Å². The van der Waals surface area contributed by atoms with Crippen molar-refractivity contribution in [2.75, 3.05) is 12.4 Å². The standard InChI is InChI=1S/C24H19BrClFN2O3S/c1-31-21-9-5-16(26)12-19(21)28-24-29-23(30)22(33-24)11-15-4-8-20(18(25)10-15)32-13-14-2-6-17(27)7-3-14/h2-12,24,28H,13H2,1H3,(H,29,30)/b22-11-. The quantitative estimate of drug-likeness (QED) is 0.333. The number of methoxy groups -OCH3 is 1. The summed E-state index contributed by atoms with van der Waals surface area (Å²) in [5.41, 5.74) is 2.03. The Balaban J connectivity index is 1.42. The molecule has 4 rings (SSSR count). The minimum atomic E-state index is -0.363. The van der Waals surface area contributed by atoms with E-state index in [-0.39, 0.29) is 17.2 Å². The summed E-state index contributed by atoms with van der Waals surface area (Å²) in [6.07, 6.45) is 1.81. The van der Waals surface area contributed by atoms with Crippen LogP contribution in [0.15, 0.2) is 70.0 Å². The lowest BCUT2D eigenvalue weighted by molar-refractivity contribution is -0.116. The lowest BCUT2D eigenvalue weighted by atomic mass is 10.2. The summed E-state index contributed by atoms with van der Waals surface area (Å²) in [5, 5.41) is 6.69. The van der Waals surface area contributed by atoms with E-state index in [0.717, 1.165) is 15.6 Å². The zero-order valence-electron chi connectivity index (χ0n) is 17.4. The van der Waals surface area contributed by atoms with Crippen LogP contribution in [0.4, 0.5) is 10.1 Å². The van der Waals surface area contributed by atoms with Crippen molar-refractivity contribution in [2.24, 2.45) is 0 Å². The smallest absolute Gasteiger partial charge is 0.260 e. The van der Waals surface area contributed by atoms with Crippen LogP contribution in [0.3, 0.4) is 0 Å². The fraction of sp³-hybridized carbons (Fsp3) is 0.125. The molecule has 0 aliphatic carbocycles. The maximum absolute atomic E-state index is 13.0. The zero-order valence-corrected chi connectivity index (χ0v) is 20.6. The van der Waals surface area contributed by atoms with E-state index in [2.05, 4.69) is 26.6 Å². The van der Waals surface area contributed by atoms with Gasteiger partial charge in [-0.2, -0.15) is 0 Å². The lowest BCUT2D eigenvalue weighted by Crippen LogP contribution is -2.31. The maximum Gasteiger partial charge on any atom is 0.260 e. The average Bonchev–Trinajstić information content (AvgIpc) is 3.13. The van der Waals surface area contributed by atoms with Crippen molar-refractivity contribution in [3.8, 4) is 11.5 Å². The molecule has 1 fully saturated rings. The predicted octanol–water partition coefficient (Wildman–Crippen LogP) is 6.43. The molecule has 3 aromatic rings. The summed E-state index contributed by atoms with van der Waals surface area (Å²) in [6, 6.07) is 17.0. The van der Waals surface area contributed by atoms with Crippen molar-refractivity contribution in [1.82, 2.24) is 5.32 Å². The molecule has 1 unspecified atom stereocenters. The number of halogens is 3. The molecule has 0 bridgehead atoms. The molecule has 0 aromatic heterocycles. The minimum absolute atomic E-state index is 0.175. The van der Waals surface area contributed by atoms with Gasteiger partial charge in [0.2, 0.25) is 0 Å². The van der Waals surface area contributed by atoms with Crippen LogP contribution in [0.2, 0.25) is 5.02 Å². The molecule has 9 heteroatoms. The molecule has 1 heterocycles. The van der Waals surface area contributed by atoms with E-state index in [1.54, 1.807) is 37.4 Å². The Labute approximate surface area is 208 Å². The summed E-state index contributed by atoms with van der Waals surface area (Å²) in [6.45, 7) is 0.317. The molecule has 170 valence electrons. The first-order valence-corrected chi connectivity index (χ1v) is 11.9. The first kappa shape index (κ1) is 23.5. The Hall–Kier alpha value is -2.68. The summed E-state index contributed by atoms with van der Waals surface area (Å²) >= 11 is 11.0. The number of hydrogen-bond acceptors (Lipinski definition) is 5. The van der Waals surface area contributed by atoms with Gasteiger partial charge in [0, 0.05) is 5.02 Å². The van der Waals surface area contributed by atoms with Crippen molar-refractivity contribution in [3.63, 3.8) is 0 Å². The Kier molecular flexibility index (Phi) is 7.47.